The number of ether oxygens (including phenoxy) is 1. The molecule has 0 spiro atoms. The molecular weight excluding hydrogens is 294 g/mol. The van der Waals surface area contributed by atoms with Gasteiger partial charge < -0.3 is 9.72 Å². The van der Waals surface area contributed by atoms with Gasteiger partial charge in [-0.25, -0.2) is 8.78 Å². The second-order valence-corrected chi connectivity index (χ2v) is 4.86. The van der Waals surface area contributed by atoms with Gasteiger partial charge in [-0.1, -0.05) is 0 Å². The van der Waals surface area contributed by atoms with Gasteiger partial charge in [0.05, 0.1) is 12.1 Å². The lowest BCUT2D eigenvalue weighted by molar-refractivity contribution is 0.340. The maximum absolute atomic E-state index is 13.8. The van der Waals surface area contributed by atoms with Crippen molar-refractivity contribution in [1.82, 2.24) is 9.55 Å². The van der Waals surface area contributed by atoms with Crippen LogP contribution in [0.2, 0.25) is 0 Å². The van der Waals surface area contributed by atoms with E-state index in [-0.39, 0.29) is 5.52 Å². The zero-order valence-electron chi connectivity index (χ0n) is 11.2. The molecule has 0 fully saturated rings. The van der Waals surface area contributed by atoms with Crippen molar-refractivity contribution >= 4 is 23.3 Å². The molecule has 3 rings (SSSR count). The highest BCUT2D eigenvalue weighted by Gasteiger charge is 2.12. The zero-order chi connectivity index (χ0) is 15.0. The van der Waals surface area contributed by atoms with Gasteiger partial charge in [-0.2, -0.15) is 0 Å². The van der Waals surface area contributed by atoms with Crippen LogP contribution in [0, 0.1) is 16.4 Å². The molecule has 0 aliphatic rings. The number of aromatic nitrogens is 2. The number of benzene rings is 2. The molecule has 6 heteroatoms. The van der Waals surface area contributed by atoms with Crippen LogP contribution in [0.3, 0.4) is 0 Å². The molecular formula is C15H12F2N2OS. The Bertz CT molecular complexity index is 852. The number of hydrogen-bond donors (Lipinski definition) is 1. The smallest absolute Gasteiger partial charge is 0.182 e. The van der Waals surface area contributed by atoms with Gasteiger partial charge in [0, 0.05) is 17.8 Å². The number of nitrogens with one attached hydrogen (secondary N) is 1. The second kappa shape index (κ2) is 5.29. The summed E-state index contributed by atoms with van der Waals surface area (Å²) in [6.45, 7) is 2.47. The highest BCUT2D eigenvalue weighted by molar-refractivity contribution is 7.71. The fourth-order valence-corrected chi connectivity index (χ4v) is 2.55. The molecule has 2 aromatic carbocycles. The molecule has 0 amide bonds. The monoisotopic (exact) mass is 306 g/mol. The van der Waals surface area contributed by atoms with Crippen molar-refractivity contribution in [1.29, 1.82) is 0 Å². The van der Waals surface area contributed by atoms with Crippen molar-refractivity contribution in [3.8, 4) is 11.4 Å². The predicted octanol–water partition coefficient (Wildman–Crippen LogP) is 4.36. The van der Waals surface area contributed by atoms with Gasteiger partial charge in [-0.15, -0.1) is 0 Å². The molecule has 3 nitrogen and oxygen atoms in total. The van der Waals surface area contributed by atoms with E-state index in [1.54, 1.807) is 28.8 Å². The van der Waals surface area contributed by atoms with Crippen LogP contribution >= 0.6 is 12.2 Å². The fourth-order valence-electron chi connectivity index (χ4n) is 2.25. The van der Waals surface area contributed by atoms with E-state index in [1.807, 2.05) is 6.92 Å². The van der Waals surface area contributed by atoms with Crippen molar-refractivity contribution < 1.29 is 13.5 Å². The van der Waals surface area contributed by atoms with E-state index in [1.165, 1.54) is 6.07 Å². The molecule has 0 aliphatic carbocycles. The van der Waals surface area contributed by atoms with Crippen LogP contribution in [0.4, 0.5) is 8.78 Å². The largest absolute Gasteiger partial charge is 0.494 e. The average molecular weight is 306 g/mol. The third-order valence-electron chi connectivity index (χ3n) is 3.12. The van der Waals surface area contributed by atoms with Gasteiger partial charge >= 0.3 is 0 Å². The summed E-state index contributed by atoms with van der Waals surface area (Å²) in [4.78, 5) is 2.77. The molecule has 21 heavy (non-hydrogen) atoms. The van der Waals surface area contributed by atoms with Crippen LogP contribution in [0.15, 0.2) is 36.4 Å². The van der Waals surface area contributed by atoms with E-state index >= 15 is 0 Å². The Hall–Kier alpha value is -2.21. The summed E-state index contributed by atoms with van der Waals surface area (Å²) in [6.07, 6.45) is 0. The summed E-state index contributed by atoms with van der Waals surface area (Å²) in [5.41, 5.74) is 1.26. The lowest BCUT2D eigenvalue weighted by Crippen LogP contribution is -1.96. The Labute approximate surface area is 124 Å². The Morgan fingerprint density at radius 2 is 1.90 bits per heavy atom. The lowest BCUT2D eigenvalue weighted by atomic mass is 10.2. The topological polar surface area (TPSA) is 29.9 Å². The van der Waals surface area contributed by atoms with Crippen LogP contribution < -0.4 is 4.74 Å². The fraction of sp³-hybridized carbons (Fsp3) is 0.133. The summed E-state index contributed by atoms with van der Waals surface area (Å²) in [5, 5.41) is 0. The molecule has 1 heterocycles. The third-order valence-corrected chi connectivity index (χ3v) is 3.40. The third kappa shape index (κ3) is 2.42. The maximum atomic E-state index is 13.8. The molecule has 1 aromatic heterocycles. The SMILES string of the molecule is CCOc1ccc(-n2c(=S)[nH]c3c(F)cc(F)cc32)cc1. The van der Waals surface area contributed by atoms with E-state index in [4.69, 9.17) is 17.0 Å². The van der Waals surface area contributed by atoms with Gasteiger partial charge in [0.1, 0.15) is 17.1 Å². The van der Waals surface area contributed by atoms with Crippen molar-refractivity contribution in [2.75, 3.05) is 6.61 Å². The van der Waals surface area contributed by atoms with Gasteiger partial charge in [-0.05, 0) is 43.4 Å². The number of rotatable bonds is 3. The number of aromatic amines is 1. The molecule has 108 valence electrons. The predicted molar refractivity (Wildman–Crippen MR) is 79.5 cm³/mol. The number of halogens is 2. The average Bonchev–Trinajstić information content (AvgIpc) is 2.77. The van der Waals surface area contributed by atoms with E-state index in [0.717, 1.165) is 11.8 Å². The van der Waals surface area contributed by atoms with Crippen LogP contribution in [0.25, 0.3) is 16.7 Å². The van der Waals surface area contributed by atoms with Crippen molar-refractivity contribution in [2.24, 2.45) is 0 Å². The first-order valence-corrected chi connectivity index (χ1v) is 6.84. The van der Waals surface area contributed by atoms with Gasteiger partial charge in [0.15, 0.2) is 10.6 Å². The highest BCUT2D eigenvalue weighted by atomic mass is 32.1. The number of hydrogen-bond acceptors (Lipinski definition) is 2. The second-order valence-electron chi connectivity index (χ2n) is 4.47. The Morgan fingerprint density at radius 3 is 2.57 bits per heavy atom. The standard InChI is InChI=1S/C15H12F2N2OS/c1-2-20-11-5-3-10(4-6-11)19-13-8-9(16)7-12(17)14(13)18-15(19)21/h3-8H,2H2,1H3,(H,18,21). The molecule has 0 saturated carbocycles. The van der Waals surface area contributed by atoms with Crippen LogP contribution in [0.5, 0.6) is 5.75 Å². The summed E-state index contributed by atoms with van der Waals surface area (Å²) in [7, 11) is 0. The summed E-state index contributed by atoms with van der Waals surface area (Å²) >= 11 is 5.21. The molecule has 0 aliphatic heterocycles. The minimum absolute atomic E-state index is 0.190. The maximum Gasteiger partial charge on any atom is 0.182 e. The van der Waals surface area contributed by atoms with Crippen LogP contribution in [-0.2, 0) is 0 Å². The van der Waals surface area contributed by atoms with E-state index in [0.29, 0.717) is 22.6 Å². The van der Waals surface area contributed by atoms with Crippen molar-refractivity contribution in [3.63, 3.8) is 0 Å². The normalized spacial score (nSPS) is 11.0. The molecule has 0 saturated heterocycles. The summed E-state index contributed by atoms with van der Waals surface area (Å²) in [6, 6.07) is 9.23. The van der Waals surface area contributed by atoms with E-state index in [2.05, 4.69) is 4.98 Å². The zero-order valence-corrected chi connectivity index (χ0v) is 12.0. The van der Waals surface area contributed by atoms with Crippen LogP contribution in [0.1, 0.15) is 6.92 Å². The van der Waals surface area contributed by atoms with Gasteiger partial charge in [0.2, 0.25) is 0 Å². The number of fused-ring (bicyclic) bond motifs is 1. The molecule has 3 aromatic rings. The van der Waals surface area contributed by atoms with Gasteiger partial charge in [-0.3, -0.25) is 4.57 Å². The molecule has 0 unspecified atom stereocenters. The summed E-state index contributed by atoms with van der Waals surface area (Å²) in [5.74, 6) is -0.584. The molecule has 1 N–H and O–H groups in total. The first kappa shape index (κ1) is 13.8. The Kier molecular flexibility index (Phi) is 3.47. The first-order valence-electron chi connectivity index (χ1n) is 6.43. The van der Waals surface area contributed by atoms with Gasteiger partial charge in [0.25, 0.3) is 0 Å². The first-order chi connectivity index (χ1) is 10.1. The quantitative estimate of drug-likeness (QED) is 0.728. The van der Waals surface area contributed by atoms with Crippen molar-refractivity contribution in [3.05, 3.63) is 52.8 Å². The highest BCUT2D eigenvalue weighted by Crippen LogP contribution is 2.24. The number of nitrogens with zero attached hydrogens (tertiary/aromatic N) is 1. The molecule has 0 atom stereocenters. The molecule has 0 bridgehead atoms. The minimum Gasteiger partial charge on any atom is -0.494 e. The number of H-pyrrole nitrogens is 1. The Balaban J connectivity index is 2.20. The lowest BCUT2D eigenvalue weighted by Gasteiger charge is -2.07. The van der Waals surface area contributed by atoms with Crippen LogP contribution in [-0.4, -0.2) is 16.2 Å². The van der Waals surface area contributed by atoms with E-state index < -0.39 is 11.6 Å². The molecule has 0 radical (unpaired) electrons. The number of imidazole rings is 1. The Morgan fingerprint density at radius 1 is 1.19 bits per heavy atom. The minimum atomic E-state index is -0.666. The summed E-state index contributed by atoms with van der Waals surface area (Å²) < 4.78 is 34.5. The van der Waals surface area contributed by atoms with Crippen molar-refractivity contribution in [2.45, 2.75) is 6.92 Å². The van der Waals surface area contributed by atoms with E-state index in [9.17, 15) is 8.78 Å².